The molecule has 1 aliphatic carbocycles. The number of rotatable bonds is 4. The highest BCUT2D eigenvalue weighted by atomic mass is 79.9. The molecule has 1 fully saturated rings. The highest BCUT2D eigenvalue weighted by Gasteiger charge is 2.52. The first kappa shape index (κ1) is 13.6. The minimum Gasteiger partial charge on any atom is -0.349 e. The van der Waals surface area contributed by atoms with Crippen molar-refractivity contribution >= 4 is 21.8 Å². The van der Waals surface area contributed by atoms with E-state index in [-0.39, 0.29) is 21.7 Å². The van der Waals surface area contributed by atoms with Crippen molar-refractivity contribution in [1.82, 2.24) is 5.32 Å². The molecule has 1 N–H and O–H groups in total. The van der Waals surface area contributed by atoms with Crippen molar-refractivity contribution in [1.29, 1.82) is 0 Å². The number of hydrogen-bond donors (Lipinski definition) is 1. The number of alkyl halides is 1. The zero-order valence-electron chi connectivity index (χ0n) is 11.2. The lowest BCUT2D eigenvalue weighted by atomic mass is 9.92. The fourth-order valence-electron chi connectivity index (χ4n) is 2.04. The number of halogens is 1. The van der Waals surface area contributed by atoms with Gasteiger partial charge in [0.1, 0.15) is 0 Å². The topological polar surface area (TPSA) is 29.1 Å². The number of nitrogens with one attached hydrogen (secondary N) is 1. The molecular weight excluding hydrogens is 290 g/mol. The Bertz CT molecular complexity index is 435. The molecule has 1 aliphatic rings. The molecule has 0 aliphatic heterocycles. The normalized spacial score (nSPS) is 19.1. The molecule has 18 heavy (non-hydrogen) atoms. The van der Waals surface area contributed by atoms with Gasteiger partial charge in [0.25, 0.3) is 0 Å². The predicted octanol–water partition coefficient (Wildman–Crippen LogP) is 3.40. The zero-order chi connectivity index (χ0) is 13.4. The van der Waals surface area contributed by atoms with Gasteiger partial charge in [0, 0.05) is 10.4 Å². The molecule has 0 bridgehead atoms. The molecule has 0 radical (unpaired) electrons. The second-order valence-corrected chi connectivity index (χ2v) is 7.11. The quantitative estimate of drug-likeness (QED) is 0.849. The van der Waals surface area contributed by atoms with E-state index in [0.717, 1.165) is 18.4 Å². The maximum absolute atomic E-state index is 12.5. The third-order valence-electron chi connectivity index (χ3n) is 3.94. The number of hydrogen-bond acceptors (Lipinski definition) is 1. The average Bonchev–Trinajstić information content (AvgIpc) is 3.10. The Balaban J connectivity index is 2.15. The molecule has 1 saturated carbocycles. The molecule has 2 nitrogen and oxygen atoms in total. The SMILES string of the molecule is CC(Br)C(C)(C)NC(=O)C1(c2ccccc2)CC1. The standard InChI is InChI=1S/C15H20BrNO/c1-11(16)14(2,3)17-13(18)15(9-10-15)12-7-5-4-6-8-12/h4-8,11H,9-10H2,1-3H3,(H,17,18). The third-order valence-corrected chi connectivity index (χ3v) is 5.09. The molecule has 2 rings (SSSR count). The van der Waals surface area contributed by atoms with Crippen LogP contribution in [0.3, 0.4) is 0 Å². The molecule has 1 atom stereocenters. The van der Waals surface area contributed by atoms with E-state index in [1.54, 1.807) is 0 Å². The van der Waals surface area contributed by atoms with Gasteiger partial charge in [-0.05, 0) is 32.3 Å². The first-order valence-electron chi connectivity index (χ1n) is 6.41. The van der Waals surface area contributed by atoms with Gasteiger partial charge in [-0.1, -0.05) is 53.2 Å². The Hall–Kier alpha value is -0.830. The Morgan fingerprint density at radius 1 is 1.33 bits per heavy atom. The van der Waals surface area contributed by atoms with Gasteiger partial charge in [-0.25, -0.2) is 0 Å². The van der Waals surface area contributed by atoms with Crippen LogP contribution >= 0.6 is 15.9 Å². The summed E-state index contributed by atoms with van der Waals surface area (Å²) in [7, 11) is 0. The van der Waals surface area contributed by atoms with Gasteiger partial charge in [0.2, 0.25) is 5.91 Å². The minimum absolute atomic E-state index is 0.157. The van der Waals surface area contributed by atoms with Crippen LogP contribution < -0.4 is 5.32 Å². The molecule has 1 aromatic carbocycles. The first-order valence-corrected chi connectivity index (χ1v) is 7.32. The van der Waals surface area contributed by atoms with Crippen LogP contribution in [-0.4, -0.2) is 16.3 Å². The van der Waals surface area contributed by atoms with Crippen molar-refractivity contribution < 1.29 is 4.79 Å². The van der Waals surface area contributed by atoms with Crippen LogP contribution in [0.25, 0.3) is 0 Å². The maximum Gasteiger partial charge on any atom is 0.231 e. The lowest BCUT2D eigenvalue weighted by Gasteiger charge is -2.31. The lowest BCUT2D eigenvalue weighted by Crippen LogP contribution is -2.52. The van der Waals surface area contributed by atoms with Crippen LogP contribution in [0.2, 0.25) is 0 Å². The summed E-state index contributed by atoms with van der Waals surface area (Å²) in [5.74, 6) is 0.157. The summed E-state index contributed by atoms with van der Waals surface area (Å²) < 4.78 is 0. The summed E-state index contributed by atoms with van der Waals surface area (Å²) in [5, 5.41) is 3.17. The van der Waals surface area contributed by atoms with Crippen LogP contribution in [0.15, 0.2) is 30.3 Å². The molecule has 1 aromatic rings. The number of benzene rings is 1. The van der Waals surface area contributed by atoms with Crippen molar-refractivity contribution in [3.05, 3.63) is 35.9 Å². The highest BCUT2D eigenvalue weighted by Crippen LogP contribution is 2.48. The van der Waals surface area contributed by atoms with Crippen LogP contribution in [0.5, 0.6) is 0 Å². The first-order chi connectivity index (χ1) is 8.38. The molecular formula is C15H20BrNO. The van der Waals surface area contributed by atoms with Gasteiger partial charge < -0.3 is 5.32 Å². The number of carbonyl (C=O) groups excluding carboxylic acids is 1. The molecule has 0 spiro atoms. The molecule has 1 amide bonds. The van der Waals surface area contributed by atoms with E-state index in [1.165, 1.54) is 0 Å². The molecule has 0 saturated heterocycles. The van der Waals surface area contributed by atoms with Crippen molar-refractivity contribution in [3.8, 4) is 0 Å². The van der Waals surface area contributed by atoms with E-state index in [9.17, 15) is 4.79 Å². The summed E-state index contributed by atoms with van der Waals surface area (Å²) in [6.07, 6.45) is 1.91. The highest BCUT2D eigenvalue weighted by molar-refractivity contribution is 9.09. The molecule has 0 aromatic heterocycles. The molecule has 0 heterocycles. The summed E-state index contributed by atoms with van der Waals surface area (Å²) in [5.41, 5.74) is 0.627. The summed E-state index contributed by atoms with van der Waals surface area (Å²) in [6, 6.07) is 10.1. The largest absolute Gasteiger partial charge is 0.349 e. The van der Waals surface area contributed by atoms with Crippen LogP contribution in [-0.2, 0) is 10.2 Å². The van der Waals surface area contributed by atoms with Gasteiger partial charge >= 0.3 is 0 Å². The Labute approximate surface area is 117 Å². The van der Waals surface area contributed by atoms with Gasteiger partial charge in [-0.2, -0.15) is 0 Å². The summed E-state index contributed by atoms with van der Waals surface area (Å²) in [6.45, 7) is 6.15. The second kappa shape index (κ2) is 4.69. The van der Waals surface area contributed by atoms with E-state index in [4.69, 9.17) is 0 Å². The Kier molecular flexibility index (Phi) is 3.54. The third kappa shape index (κ3) is 2.46. The summed E-state index contributed by atoms with van der Waals surface area (Å²) >= 11 is 3.55. The molecule has 3 heteroatoms. The van der Waals surface area contributed by atoms with E-state index >= 15 is 0 Å². The van der Waals surface area contributed by atoms with Crippen molar-refractivity contribution in [2.75, 3.05) is 0 Å². The Morgan fingerprint density at radius 3 is 2.33 bits per heavy atom. The Morgan fingerprint density at radius 2 is 1.89 bits per heavy atom. The monoisotopic (exact) mass is 309 g/mol. The fraction of sp³-hybridized carbons (Fsp3) is 0.533. The fourth-order valence-corrected chi connectivity index (χ4v) is 2.16. The maximum atomic E-state index is 12.5. The van der Waals surface area contributed by atoms with E-state index in [1.807, 2.05) is 32.0 Å². The summed E-state index contributed by atoms with van der Waals surface area (Å²) in [4.78, 5) is 12.8. The van der Waals surface area contributed by atoms with E-state index in [0.29, 0.717) is 0 Å². The second-order valence-electron chi connectivity index (χ2n) is 5.74. The van der Waals surface area contributed by atoms with Crippen molar-refractivity contribution in [2.24, 2.45) is 0 Å². The van der Waals surface area contributed by atoms with Crippen molar-refractivity contribution in [3.63, 3.8) is 0 Å². The van der Waals surface area contributed by atoms with Gasteiger partial charge in [-0.15, -0.1) is 0 Å². The van der Waals surface area contributed by atoms with Crippen molar-refractivity contribution in [2.45, 2.75) is 49.4 Å². The predicted molar refractivity (Wildman–Crippen MR) is 78.0 cm³/mol. The van der Waals surface area contributed by atoms with Crippen LogP contribution in [0.1, 0.15) is 39.2 Å². The smallest absolute Gasteiger partial charge is 0.231 e. The zero-order valence-corrected chi connectivity index (χ0v) is 12.8. The van der Waals surface area contributed by atoms with Crippen LogP contribution in [0, 0.1) is 0 Å². The van der Waals surface area contributed by atoms with Gasteiger partial charge in [-0.3, -0.25) is 4.79 Å². The number of amides is 1. The minimum atomic E-state index is -0.277. The molecule has 98 valence electrons. The molecule has 1 unspecified atom stereocenters. The average molecular weight is 310 g/mol. The number of carbonyl (C=O) groups is 1. The van der Waals surface area contributed by atoms with Gasteiger partial charge in [0.15, 0.2) is 0 Å². The van der Waals surface area contributed by atoms with Crippen LogP contribution in [0.4, 0.5) is 0 Å². The van der Waals surface area contributed by atoms with E-state index in [2.05, 4.69) is 40.3 Å². The van der Waals surface area contributed by atoms with E-state index < -0.39 is 0 Å². The lowest BCUT2D eigenvalue weighted by molar-refractivity contribution is -0.125. The van der Waals surface area contributed by atoms with Gasteiger partial charge in [0.05, 0.1) is 5.41 Å².